The van der Waals surface area contributed by atoms with Gasteiger partial charge >= 0.3 is 0 Å². The Labute approximate surface area is 154 Å². The van der Waals surface area contributed by atoms with E-state index in [-0.39, 0.29) is 17.1 Å². The number of nitrogens with zero attached hydrogens (tertiary/aromatic N) is 1. The highest BCUT2D eigenvalue weighted by atomic mass is 32.2. The molecule has 6 heteroatoms. The molecule has 0 bridgehead atoms. The maximum atomic E-state index is 12.9. The molecule has 0 aliphatic carbocycles. The van der Waals surface area contributed by atoms with Crippen molar-refractivity contribution in [1.82, 2.24) is 4.31 Å². The van der Waals surface area contributed by atoms with E-state index in [2.05, 4.69) is 40.4 Å². The van der Waals surface area contributed by atoms with E-state index in [0.29, 0.717) is 17.9 Å². The zero-order chi connectivity index (χ0) is 19.0. The first kappa shape index (κ1) is 20.4. The molecular formula is C19H31NO3SSi. The van der Waals surface area contributed by atoms with Crippen molar-refractivity contribution in [3.8, 4) is 0 Å². The minimum atomic E-state index is -3.47. The molecule has 4 nitrogen and oxygen atoms in total. The lowest BCUT2D eigenvalue weighted by atomic mass is 10.2. The first-order chi connectivity index (χ1) is 11.4. The molecule has 1 aliphatic heterocycles. The second-order valence-corrected chi connectivity index (χ2v) is 15.0. The van der Waals surface area contributed by atoms with Gasteiger partial charge < -0.3 is 4.43 Å². The molecule has 1 heterocycles. The largest absolute Gasteiger partial charge is 0.417 e. The van der Waals surface area contributed by atoms with Crippen LogP contribution in [0.1, 0.15) is 32.8 Å². The molecule has 0 radical (unpaired) electrons. The Morgan fingerprint density at radius 2 is 1.80 bits per heavy atom. The number of sulfonamides is 1. The lowest BCUT2D eigenvalue weighted by Crippen LogP contribution is -2.41. The molecule has 25 heavy (non-hydrogen) atoms. The van der Waals surface area contributed by atoms with Crippen LogP contribution in [0.3, 0.4) is 0 Å². The quantitative estimate of drug-likeness (QED) is 0.401. The van der Waals surface area contributed by atoms with Gasteiger partial charge in [0.15, 0.2) is 8.32 Å². The van der Waals surface area contributed by atoms with Crippen molar-refractivity contribution in [3.63, 3.8) is 0 Å². The van der Waals surface area contributed by atoms with Crippen LogP contribution < -0.4 is 0 Å². The van der Waals surface area contributed by atoms with E-state index in [1.165, 1.54) is 0 Å². The van der Waals surface area contributed by atoms with Crippen LogP contribution >= 0.6 is 0 Å². The second kappa shape index (κ2) is 6.99. The summed E-state index contributed by atoms with van der Waals surface area (Å²) in [6.45, 7) is 17.4. The zero-order valence-corrected chi connectivity index (χ0v) is 18.1. The SMILES string of the molecule is C=C[C@@H]1[C@@H](CCO[Si](C)(C)C(C)(C)C)N1S(=O)(=O)c1ccc(C)cc1. The normalized spacial score (nSPS) is 24.2. The Bertz CT molecular complexity index is 720. The molecule has 0 saturated carbocycles. The van der Waals surface area contributed by atoms with Crippen molar-refractivity contribution < 1.29 is 12.8 Å². The van der Waals surface area contributed by atoms with Gasteiger partial charge in [-0.25, -0.2) is 8.42 Å². The van der Waals surface area contributed by atoms with Crippen molar-refractivity contribution in [2.45, 2.75) is 69.2 Å². The lowest BCUT2D eigenvalue weighted by Gasteiger charge is -2.36. The van der Waals surface area contributed by atoms with E-state index >= 15 is 0 Å². The number of hydrogen-bond acceptors (Lipinski definition) is 3. The number of benzene rings is 1. The summed E-state index contributed by atoms with van der Waals surface area (Å²) >= 11 is 0. The summed E-state index contributed by atoms with van der Waals surface area (Å²) in [4.78, 5) is 0.345. The van der Waals surface area contributed by atoms with E-state index in [1.54, 1.807) is 22.5 Å². The number of hydrogen-bond donors (Lipinski definition) is 0. The standard InChI is InChI=1S/C19H31NO3SSi/c1-8-17-18(13-14-23-25(6,7)19(3,4)5)20(17)24(21,22)16-11-9-15(2)10-12-16/h8-12,17-18H,1,13-14H2,2-7H3/t17-,18-,20?/m1/s1. The fourth-order valence-corrected chi connectivity index (χ4v) is 5.52. The van der Waals surface area contributed by atoms with Crippen molar-refractivity contribution in [1.29, 1.82) is 0 Å². The van der Waals surface area contributed by atoms with E-state index in [1.807, 2.05) is 19.1 Å². The van der Waals surface area contributed by atoms with Crippen LogP contribution in [0.4, 0.5) is 0 Å². The molecule has 0 aromatic heterocycles. The Morgan fingerprint density at radius 3 is 2.28 bits per heavy atom. The minimum Gasteiger partial charge on any atom is -0.417 e. The third-order valence-electron chi connectivity index (χ3n) is 5.45. The van der Waals surface area contributed by atoms with Crippen molar-refractivity contribution >= 4 is 18.3 Å². The number of aryl methyl sites for hydroxylation is 1. The van der Waals surface area contributed by atoms with Gasteiger partial charge in [0.05, 0.1) is 10.9 Å². The molecule has 1 unspecified atom stereocenters. The van der Waals surface area contributed by atoms with Gasteiger partial charge in [-0.05, 0) is 43.6 Å². The summed E-state index contributed by atoms with van der Waals surface area (Å²) in [6.07, 6.45) is 2.43. The van der Waals surface area contributed by atoms with Crippen LogP contribution in [-0.2, 0) is 14.4 Å². The Balaban J connectivity index is 2.04. The van der Waals surface area contributed by atoms with E-state index in [9.17, 15) is 8.42 Å². The summed E-state index contributed by atoms with van der Waals surface area (Å²) in [6, 6.07) is 6.82. The number of rotatable bonds is 7. The molecule has 1 fully saturated rings. The average Bonchev–Trinajstić information content (AvgIpc) is 3.20. The highest BCUT2D eigenvalue weighted by Gasteiger charge is 2.53. The summed E-state index contributed by atoms with van der Waals surface area (Å²) in [5.41, 5.74) is 1.05. The van der Waals surface area contributed by atoms with Crippen LogP contribution in [0.5, 0.6) is 0 Å². The molecule has 0 N–H and O–H groups in total. The van der Waals surface area contributed by atoms with Crippen LogP contribution in [0, 0.1) is 6.92 Å². The first-order valence-electron chi connectivity index (χ1n) is 8.78. The average molecular weight is 382 g/mol. The topological polar surface area (TPSA) is 46.4 Å². The zero-order valence-electron chi connectivity index (χ0n) is 16.2. The predicted molar refractivity (Wildman–Crippen MR) is 106 cm³/mol. The van der Waals surface area contributed by atoms with Crippen LogP contribution in [0.15, 0.2) is 41.8 Å². The Hall–Kier alpha value is -0.953. The van der Waals surface area contributed by atoms with Crippen molar-refractivity contribution in [2.75, 3.05) is 6.61 Å². The molecular weight excluding hydrogens is 350 g/mol. The first-order valence-corrected chi connectivity index (χ1v) is 13.1. The van der Waals surface area contributed by atoms with Crippen LogP contribution in [-0.4, -0.2) is 39.7 Å². The molecule has 1 aliphatic rings. The van der Waals surface area contributed by atoms with Crippen molar-refractivity contribution in [3.05, 3.63) is 42.5 Å². The summed E-state index contributed by atoms with van der Waals surface area (Å²) in [5.74, 6) is 0. The van der Waals surface area contributed by atoms with Gasteiger partial charge in [-0.3, -0.25) is 0 Å². The van der Waals surface area contributed by atoms with Gasteiger partial charge in [-0.2, -0.15) is 4.31 Å². The second-order valence-electron chi connectivity index (χ2n) is 8.34. The van der Waals surface area contributed by atoms with E-state index in [0.717, 1.165) is 5.56 Å². The maximum Gasteiger partial charge on any atom is 0.243 e. The predicted octanol–water partition coefficient (Wildman–Crippen LogP) is 4.33. The monoisotopic (exact) mass is 381 g/mol. The highest BCUT2D eigenvalue weighted by Crippen LogP contribution is 2.40. The Morgan fingerprint density at radius 1 is 1.24 bits per heavy atom. The minimum absolute atomic E-state index is 0.0476. The van der Waals surface area contributed by atoms with Crippen LogP contribution in [0.25, 0.3) is 0 Å². The van der Waals surface area contributed by atoms with Crippen LogP contribution in [0.2, 0.25) is 18.1 Å². The summed E-state index contributed by atoms with van der Waals surface area (Å²) < 4.78 is 33.5. The van der Waals surface area contributed by atoms with Gasteiger partial charge in [0.2, 0.25) is 10.0 Å². The molecule has 1 saturated heterocycles. The fourth-order valence-electron chi connectivity index (χ4n) is 2.66. The Kier molecular flexibility index (Phi) is 5.69. The van der Waals surface area contributed by atoms with E-state index in [4.69, 9.17) is 4.43 Å². The fraction of sp³-hybridized carbons (Fsp3) is 0.579. The van der Waals surface area contributed by atoms with Crippen molar-refractivity contribution in [2.24, 2.45) is 0 Å². The molecule has 0 spiro atoms. The maximum absolute atomic E-state index is 12.9. The van der Waals surface area contributed by atoms with Gasteiger partial charge in [-0.1, -0.05) is 44.5 Å². The van der Waals surface area contributed by atoms with Gasteiger partial charge in [0.1, 0.15) is 0 Å². The highest BCUT2D eigenvalue weighted by molar-refractivity contribution is 7.89. The third-order valence-corrected chi connectivity index (χ3v) is 11.9. The molecule has 1 aromatic carbocycles. The molecule has 1 aromatic rings. The third kappa shape index (κ3) is 4.24. The molecule has 0 amide bonds. The summed E-state index contributed by atoms with van der Waals surface area (Å²) in [5, 5.41) is 0.155. The molecule has 3 atom stereocenters. The smallest absolute Gasteiger partial charge is 0.243 e. The van der Waals surface area contributed by atoms with E-state index < -0.39 is 18.3 Å². The molecule has 140 valence electrons. The lowest BCUT2D eigenvalue weighted by molar-refractivity contribution is 0.279. The van der Waals surface area contributed by atoms with Gasteiger partial charge in [0, 0.05) is 12.6 Å². The molecule has 2 rings (SSSR count). The summed E-state index contributed by atoms with van der Waals surface area (Å²) in [7, 11) is -5.28. The van der Waals surface area contributed by atoms with Gasteiger partial charge in [0.25, 0.3) is 0 Å². The van der Waals surface area contributed by atoms with Gasteiger partial charge in [-0.15, -0.1) is 6.58 Å².